The molecule has 3 atom stereocenters. The lowest BCUT2D eigenvalue weighted by molar-refractivity contribution is -0.141. The first-order valence-corrected chi connectivity index (χ1v) is 9.35. The fraction of sp³-hybridized carbons (Fsp3) is 0.600. The molecule has 170 valence electrons. The van der Waals surface area contributed by atoms with Crippen molar-refractivity contribution in [3.63, 3.8) is 0 Å². The van der Waals surface area contributed by atoms with E-state index >= 15 is 0 Å². The summed E-state index contributed by atoms with van der Waals surface area (Å²) in [5, 5.41) is 24.1. The van der Waals surface area contributed by atoms with Crippen LogP contribution in [0.15, 0.2) is 4.99 Å². The molecule has 0 bridgehead atoms. The molecule has 0 saturated heterocycles. The molecular weight excluding hydrogens is 422 g/mol. The lowest BCUT2D eigenvalue weighted by atomic mass is 10.1. The zero-order valence-corrected chi connectivity index (χ0v) is 16.9. The number of hydrogen-bond donors (Lipinski definition) is 9. The van der Waals surface area contributed by atoms with Crippen molar-refractivity contribution < 1.29 is 34.2 Å². The SMILES string of the molecule is NC(N)=NCCCC(N)C(=O)NC(CC(=O)O)C(=O)NC(CS)C(=O)NCC(=O)O. The molecule has 0 fully saturated rings. The van der Waals surface area contributed by atoms with Crippen molar-refractivity contribution in [3.8, 4) is 0 Å². The van der Waals surface area contributed by atoms with Crippen LogP contribution in [-0.2, 0) is 24.0 Å². The van der Waals surface area contributed by atoms with Crippen molar-refractivity contribution in [1.29, 1.82) is 0 Å². The van der Waals surface area contributed by atoms with E-state index < -0.39 is 60.8 Å². The van der Waals surface area contributed by atoms with Gasteiger partial charge in [-0.25, -0.2) is 0 Å². The van der Waals surface area contributed by atoms with Gasteiger partial charge in [0.1, 0.15) is 18.6 Å². The van der Waals surface area contributed by atoms with Crippen LogP contribution >= 0.6 is 12.6 Å². The van der Waals surface area contributed by atoms with Gasteiger partial charge in [-0.3, -0.25) is 29.0 Å². The molecule has 0 heterocycles. The van der Waals surface area contributed by atoms with Gasteiger partial charge >= 0.3 is 11.9 Å². The number of carbonyl (C=O) groups excluding carboxylic acids is 3. The van der Waals surface area contributed by atoms with Gasteiger partial charge in [0.2, 0.25) is 17.7 Å². The number of amides is 3. The van der Waals surface area contributed by atoms with Gasteiger partial charge in [-0.2, -0.15) is 12.6 Å². The average Bonchev–Trinajstić information content (AvgIpc) is 2.65. The summed E-state index contributed by atoms with van der Waals surface area (Å²) < 4.78 is 0. The van der Waals surface area contributed by atoms with Crippen LogP contribution in [0.2, 0.25) is 0 Å². The molecule has 0 rings (SSSR count). The Morgan fingerprint density at radius 3 is 2.03 bits per heavy atom. The van der Waals surface area contributed by atoms with Crippen molar-refractivity contribution in [1.82, 2.24) is 16.0 Å². The van der Waals surface area contributed by atoms with Gasteiger partial charge in [-0.15, -0.1) is 0 Å². The first-order valence-electron chi connectivity index (χ1n) is 8.71. The number of aliphatic carboxylic acids is 2. The monoisotopic (exact) mass is 449 g/mol. The van der Waals surface area contributed by atoms with Crippen LogP contribution in [-0.4, -0.2) is 82.8 Å². The number of nitrogens with two attached hydrogens (primary N) is 3. The van der Waals surface area contributed by atoms with Gasteiger partial charge in [-0.05, 0) is 12.8 Å². The van der Waals surface area contributed by atoms with Crippen molar-refractivity contribution in [2.45, 2.75) is 37.4 Å². The van der Waals surface area contributed by atoms with Gasteiger partial charge in [0.25, 0.3) is 0 Å². The summed E-state index contributed by atoms with van der Waals surface area (Å²) in [6.07, 6.45) is -0.233. The van der Waals surface area contributed by atoms with Gasteiger partial charge in [0, 0.05) is 12.3 Å². The Hall–Kier alpha value is -3.07. The van der Waals surface area contributed by atoms with Crippen molar-refractivity contribution in [2.24, 2.45) is 22.2 Å². The average molecular weight is 449 g/mol. The molecule has 0 aliphatic rings. The van der Waals surface area contributed by atoms with E-state index in [1.54, 1.807) is 0 Å². The third-order valence-electron chi connectivity index (χ3n) is 3.55. The maximum atomic E-state index is 12.4. The topological polar surface area (TPSA) is 252 Å². The predicted octanol–water partition coefficient (Wildman–Crippen LogP) is -4.06. The zero-order valence-electron chi connectivity index (χ0n) is 16.0. The molecule has 30 heavy (non-hydrogen) atoms. The minimum Gasteiger partial charge on any atom is -0.481 e. The summed E-state index contributed by atoms with van der Waals surface area (Å²) in [4.78, 5) is 61.7. The third-order valence-corrected chi connectivity index (χ3v) is 3.91. The number of aliphatic imine (C=N–C) groups is 1. The van der Waals surface area contributed by atoms with Crippen molar-refractivity contribution in [3.05, 3.63) is 0 Å². The van der Waals surface area contributed by atoms with Crippen LogP contribution in [0.5, 0.6) is 0 Å². The van der Waals surface area contributed by atoms with Crippen LogP contribution in [0.1, 0.15) is 19.3 Å². The van der Waals surface area contributed by atoms with Gasteiger partial charge in [0.15, 0.2) is 5.96 Å². The normalized spacial score (nSPS) is 13.3. The van der Waals surface area contributed by atoms with Crippen LogP contribution in [0.4, 0.5) is 0 Å². The van der Waals surface area contributed by atoms with Gasteiger partial charge in [0.05, 0.1) is 12.5 Å². The molecule has 11 N–H and O–H groups in total. The zero-order chi connectivity index (χ0) is 23.3. The van der Waals surface area contributed by atoms with E-state index in [1.165, 1.54) is 0 Å². The molecule has 0 aromatic rings. The molecule has 0 aliphatic carbocycles. The van der Waals surface area contributed by atoms with Gasteiger partial charge in [-0.1, -0.05) is 0 Å². The second-order valence-electron chi connectivity index (χ2n) is 6.07. The van der Waals surface area contributed by atoms with Crippen LogP contribution in [0.3, 0.4) is 0 Å². The first-order chi connectivity index (χ1) is 14.0. The molecule has 0 radical (unpaired) electrons. The van der Waals surface area contributed by atoms with Gasteiger partial charge < -0.3 is 43.4 Å². The number of guanidine groups is 1. The molecule has 14 nitrogen and oxygen atoms in total. The fourth-order valence-corrected chi connectivity index (χ4v) is 2.32. The number of carboxylic acid groups (broad SMARTS) is 2. The molecule has 3 amide bonds. The number of thiol groups is 1. The smallest absolute Gasteiger partial charge is 0.322 e. The van der Waals surface area contributed by atoms with E-state index in [4.69, 9.17) is 27.4 Å². The van der Waals surface area contributed by atoms with E-state index in [0.29, 0.717) is 6.42 Å². The minimum atomic E-state index is -1.52. The van der Waals surface area contributed by atoms with Crippen molar-refractivity contribution in [2.75, 3.05) is 18.8 Å². The second-order valence-corrected chi connectivity index (χ2v) is 6.43. The lowest BCUT2D eigenvalue weighted by Gasteiger charge is -2.22. The number of hydrogen-bond acceptors (Lipinski definition) is 8. The largest absolute Gasteiger partial charge is 0.481 e. The van der Waals surface area contributed by atoms with E-state index in [0.717, 1.165) is 0 Å². The Balaban J connectivity index is 4.94. The lowest BCUT2D eigenvalue weighted by Crippen LogP contribution is -2.57. The van der Waals surface area contributed by atoms with E-state index in [2.05, 4.69) is 33.6 Å². The highest BCUT2D eigenvalue weighted by molar-refractivity contribution is 7.80. The van der Waals surface area contributed by atoms with Crippen molar-refractivity contribution >= 4 is 48.2 Å². The molecule has 0 saturated carbocycles. The molecule has 0 aromatic heterocycles. The highest BCUT2D eigenvalue weighted by Gasteiger charge is 2.29. The summed E-state index contributed by atoms with van der Waals surface area (Å²) in [5.74, 6) is -5.57. The maximum Gasteiger partial charge on any atom is 0.322 e. The molecule has 0 aromatic carbocycles. The number of rotatable bonds is 14. The van der Waals surface area contributed by atoms with E-state index in [-0.39, 0.29) is 24.7 Å². The Kier molecular flexibility index (Phi) is 12.6. The number of carbonyl (C=O) groups is 5. The molecule has 0 aliphatic heterocycles. The molecule has 15 heteroatoms. The Morgan fingerprint density at radius 2 is 1.53 bits per heavy atom. The third kappa shape index (κ3) is 11.7. The van der Waals surface area contributed by atoms with Crippen LogP contribution in [0, 0.1) is 0 Å². The molecular formula is C15H27N7O7S. The minimum absolute atomic E-state index is 0.114. The summed E-state index contributed by atoms with van der Waals surface area (Å²) >= 11 is 3.90. The standard InChI is InChI=1S/C15H27N7O7S/c16-7(2-1-3-19-15(17)18)12(27)21-8(4-10(23)24)14(29)22-9(6-30)13(28)20-5-11(25)26/h7-9,30H,1-6,16H2,(H,20,28)(H,21,27)(H,22,29)(H,23,24)(H,25,26)(H4,17,18,19). The number of carboxylic acids is 2. The number of nitrogens with zero attached hydrogens (tertiary/aromatic N) is 1. The Labute approximate surface area is 177 Å². The Morgan fingerprint density at radius 1 is 0.933 bits per heavy atom. The quantitative estimate of drug-likeness (QED) is 0.0536. The highest BCUT2D eigenvalue weighted by Crippen LogP contribution is 2.00. The summed E-state index contributed by atoms with van der Waals surface area (Å²) in [7, 11) is 0. The second kappa shape index (κ2) is 14.0. The summed E-state index contributed by atoms with van der Waals surface area (Å²) in [5.41, 5.74) is 16.1. The molecule has 3 unspecified atom stereocenters. The Bertz CT molecular complexity index is 670. The fourth-order valence-electron chi connectivity index (χ4n) is 2.07. The first kappa shape index (κ1) is 26.9. The highest BCUT2D eigenvalue weighted by atomic mass is 32.1. The molecule has 0 spiro atoms. The number of nitrogens with one attached hydrogen (secondary N) is 3. The summed E-state index contributed by atoms with van der Waals surface area (Å²) in [6.45, 7) is -0.444. The predicted molar refractivity (Wildman–Crippen MR) is 108 cm³/mol. The maximum absolute atomic E-state index is 12.4. The van der Waals surface area contributed by atoms with Crippen LogP contribution in [0.25, 0.3) is 0 Å². The van der Waals surface area contributed by atoms with Crippen LogP contribution < -0.4 is 33.2 Å². The summed E-state index contributed by atoms with van der Waals surface area (Å²) in [6, 6.07) is -3.82. The van der Waals surface area contributed by atoms with E-state index in [1.807, 2.05) is 0 Å². The van der Waals surface area contributed by atoms with E-state index in [9.17, 15) is 24.0 Å².